The van der Waals surface area contributed by atoms with Gasteiger partial charge in [0, 0.05) is 54.2 Å². The summed E-state index contributed by atoms with van der Waals surface area (Å²) in [5.74, 6) is 0.952. The first-order valence-electron chi connectivity index (χ1n) is 14.4. The number of piperazine rings is 1. The van der Waals surface area contributed by atoms with Crippen molar-refractivity contribution in [3.05, 3.63) is 90.0 Å². The molecule has 2 fully saturated rings. The Kier molecular flexibility index (Phi) is 8.02. The molecule has 4 aromatic rings. The average Bonchev–Trinajstić information content (AvgIpc) is 3.02. The van der Waals surface area contributed by atoms with Crippen LogP contribution >= 0.6 is 0 Å². The lowest BCUT2D eigenvalue weighted by Crippen LogP contribution is -2.54. The SMILES string of the molecule is CC1CN(C(=O)c2ccccc2)CCN1c1nnc(-c2ccc(CCO[C@@H]3CCCCO3)cc2)c2ccccc12. The Hall–Kier alpha value is -3.81. The fourth-order valence-electron chi connectivity index (χ4n) is 5.72. The summed E-state index contributed by atoms with van der Waals surface area (Å²) in [7, 11) is 0. The highest BCUT2D eigenvalue weighted by atomic mass is 16.7. The molecule has 0 radical (unpaired) electrons. The number of amides is 1. The summed E-state index contributed by atoms with van der Waals surface area (Å²) < 4.78 is 11.6. The molecule has 2 atom stereocenters. The van der Waals surface area contributed by atoms with Gasteiger partial charge in [0.05, 0.1) is 6.61 Å². The average molecular weight is 537 g/mol. The molecule has 3 heterocycles. The number of anilines is 1. The molecule has 2 saturated heterocycles. The van der Waals surface area contributed by atoms with Gasteiger partial charge >= 0.3 is 0 Å². The first kappa shape index (κ1) is 26.4. The van der Waals surface area contributed by atoms with E-state index in [4.69, 9.17) is 19.7 Å². The predicted molar refractivity (Wildman–Crippen MR) is 157 cm³/mol. The Balaban J connectivity index is 1.16. The van der Waals surface area contributed by atoms with Crippen LogP contribution in [-0.4, -0.2) is 66.2 Å². The maximum atomic E-state index is 13.0. The molecule has 0 saturated carbocycles. The van der Waals surface area contributed by atoms with Crippen LogP contribution in [0.1, 0.15) is 42.1 Å². The summed E-state index contributed by atoms with van der Waals surface area (Å²) in [5, 5.41) is 11.6. The summed E-state index contributed by atoms with van der Waals surface area (Å²) in [4.78, 5) is 17.2. The number of benzene rings is 3. The number of ether oxygens (including phenoxy) is 2. The third-order valence-electron chi connectivity index (χ3n) is 7.94. The van der Waals surface area contributed by atoms with Gasteiger partial charge in [-0.3, -0.25) is 4.79 Å². The molecule has 206 valence electrons. The second kappa shape index (κ2) is 12.1. The van der Waals surface area contributed by atoms with Crippen LogP contribution in [0, 0.1) is 0 Å². The van der Waals surface area contributed by atoms with E-state index in [2.05, 4.69) is 60.4 Å². The highest BCUT2D eigenvalue weighted by Crippen LogP contribution is 2.33. The van der Waals surface area contributed by atoms with Crippen LogP contribution < -0.4 is 4.90 Å². The van der Waals surface area contributed by atoms with Gasteiger partial charge in [-0.25, -0.2) is 0 Å². The standard InChI is InChI=1S/C33H36N4O3/c1-24-23-36(33(38)27-9-3-2-4-10-27)19-20-37(24)32-29-12-6-5-11-28(29)31(34-35-32)26-16-14-25(15-17-26)18-22-40-30-13-7-8-21-39-30/h2-6,9-12,14-17,24,30H,7-8,13,18-23H2,1H3/t24?,30-/m1/s1. The van der Waals surface area contributed by atoms with Gasteiger partial charge in [0.2, 0.25) is 0 Å². The van der Waals surface area contributed by atoms with Crippen LogP contribution in [0.15, 0.2) is 78.9 Å². The van der Waals surface area contributed by atoms with E-state index in [-0.39, 0.29) is 18.2 Å². The van der Waals surface area contributed by atoms with Crippen molar-refractivity contribution in [1.82, 2.24) is 15.1 Å². The van der Waals surface area contributed by atoms with Crippen LogP contribution in [0.25, 0.3) is 22.0 Å². The summed E-state index contributed by atoms with van der Waals surface area (Å²) in [6.45, 7) is 5.61. The minimum Gasteiger partial charge on any atom is -0.353 e. The lowest BCUT2D eigenvalue weighted by atomic mass is 10.0. The molecule has 1 aromatic heterocycles. The molecular formula is C33H36N4O3. The molecule has 0 aliphatic carbocycles. The third-order valence-corrected chi connectivity index (χ3v) is 7.94. The third kappa shape index (κ3) is 5.71. The van der Waals surface area contributed by atoms with Crippen molar-refractivity contribution in [2.45, 2.75) is 44.9 Å². The van der Waals surface area contributed by atoms with Crippen molar-refractivity contribution in [2.24, 2.45) is 0 Å². The van der Waals surface area contributed by atoms with E-state index in [0.29, 0.717) is 26.2 Å². The fraction of sp³-hybridized carbons (Fsp3) is 0.364. The van der Waals surface area contributed by atoms with E-state index in [1.165, 1.54) is 12.0 Å². The van der Waals surface area contributed by atoms with Crippen molar-refractivity contribution in [2.75, 3.05) is 37.7 Å². The highest BCUT2D eigenvalue weighted by molar-refractivity contribution is 6.00. The van der Waals surface area contributed by atoms with Crippen molar-refractivity contribution in [3.8, 4) is 11.3 Å². The highest BCUT2D eigenvalue weighted by Gasteiger charge is 2.29. The number of rotatable bonds is 7. The normalized spacial score (nSPS) is 19.6. The Labute approximate surface area is 235 Å². The fourth-order valence-corrected chi connectivity index (χ4v) is 5.72. The number of hydrogen-bond donors (Lipinski definition) is 0. The van der Waals surface area contributed by atoms with Gasteiger partial charge in [-0.1, -0.05) is 66.7 Å². The molecule has 2 aliphatic heterocycles. The van der Waals surface area contributed by atoms with E-state index >= 15 is 0 Å². The van der Waals surface area contributed by atoms with E-state index in [1.807, 2.05) is 35.2 Å². The lowest BCUT2D eigenvalue weighted by Gasteiger charge is -2.40. The lowest BCUT2D eigenvalue weighted by molar-refractivity contribution is -0.161. The second-order valence-electron chi connectivity index (χ2n) is 10.7. The van der Waals surface area contributed by atoms with Crippen molar-refractivity contribution in [1.29, 1.82) is 0 Å². The van der Waals surface area contributed by atoms with Crippen LogP contribution in [0.3, 0.4) is 0 Å². The largest absolute Gasteiger partial charge is 0.353 e. The molecule has 3 aromatic carbocycles. The number of hydrogen-bond acceptors (Lipinski definition) is 6. The van der Waals surface area contributed by atoms with Crippen molar-refractivity contribution in [3.63, 3.8) is 0 Å². The minimum atomic E-state index is -0.0526. The van der Waals surface area contributed by atoms with E-state index < -0.39 is 0 Å². The van der Waals surface area contributed by atoms with Gasteiger partial charge in [0.15, 0.2) is 12.1 Å². The molecule has 0 bridgehead atoms. The maximum Gasteiger partial charge on any atom is 0.253 e. The molecule has 0 N–H and O–H groups in total. The number of carbonyl (C=O) groups excluding carboxylic acids is 1. The van der Waals surface area contributed by atoms with Crippen LogP contribution in [0.5, 0.6) is 0 Å². The van der Waals surface area contributed by atoms with Gasteiger partial charge in [0.1, 0.15) is 5.69 Å². The van der Waals surface area contributed by atoms with E-state index in [0.717, 1.165) is 59.3 Å². The van der Waals surface area contributed by atoms with Crippen LogP contribution in [0.4, 0.5) is 5.82 Å². The molecule has 2 aliphatic rings. The molecule has 40 heavy (non-hydrogen) atoms. The first-order valence-corrected chi connectivity index (χ1v) is 14.4. The molecule has 0 spiro atoms. The number of fused-ring (bicyclic) bond motifs is 1. The molecule has 7 heteroatoms. The Morgan fingerprint density at radius 3 is 2.45 bits per heavy atom. The number of carbonyl (C=O) groups is 1. The van der Waals surface area contributed by atoms with Crippen molar-refractivity contribution >= 4 is 22.5 Å². The van der Waals surface area contributed by atoms with Gasteiger partial charge in [0.25, 0.3) is 5.91 Å². The first-order chi connectivity index (χ1) is 19.7. The number of nitrogens with zero attached hydrogens (tertiary/aromatic N) is 4. The molecule has 1 amide bonds. The zero-order valence-electron chi connectivity index (χ0n) is 23.0. The smallest absolute Gasteiger partial charge is 0.253 e. The minimum absolute atomic E-state index is 0.0526. The topological polar surface area (TPSA) is 67.8 Å². The summed E-state index contributed by atoms with van der Waals surface area (Å²) in [6.07, 6.45) is 4.09. The maximum absolute atomic E-state index is 13.0. The van der Waals surface area contributed by atoms with Crippen molar-refractivity contribution < 1.29 is 14.3 Å². The summed E-state index contributed by atoms with van der Waals surface area (Å²) in [6, 6.07) is 26.5. The zero-order chi connectivity index (χ0) is 27.3. The second-order valence-corrected chi connectivity index (χ2v) is 10.7. The zero-order valence-corrected chi connectivity index (χ0v) is 23.0. The molecule has 7 nitrogen and oxygen atoms in total. The predicted octanol–water partition coefficient (Wildman–Crippen LogP) is 5.73. The molecule has 1 unspecified atom stereocenters. The van der Waals surface area contributed by atoms with E-state index in [1.54, 1.807) is 0 Å². The summed E-state index contributed by atoms with van der Waals surface area (Å²) >= 11 is 0. The Morgan fingerprint density at radius 2 is 1.70 bits per heavy atom. The Morgan fingerprint density at radius 1 is 0.925 bits per heavy atom. The van der Waals surface area contributed by atoms with Crippen LogP contribution in [-0.2, 0) is 15.9 Å². The van der Waals surface area contributed by atoms with Gasteiger partial charge < -0.3 is 19.3 Å². The molecule has 6 rings (SSSR count). The quantitative estimate of drug-likeness (QED) is 0.300. The number of aromatic nitrogens is 2. The van der Waals surface area contributed by atoms with Crippen LogP contribution in [0.2, 0.25) is 0 Å². The van der Waals surface area contributed by atoms with Gasteiger partial charge in [-0.05, 0) is 50.3 Å². The van der Waals surface area contributed by atoms with E-state index in [9.17, 15) is 4.79 Å². The van der Waals surface area contributed by atoms with Gasteiger partial charge in [-0.15, -0.1) is 10.2 Å². The monoisotopic (exact) mass is 536 g/mol. The summed E-state index contributed by atoms with van der Waals surface area (Å²) in [5.41, 5.74) is 3.88. The molecular weight excluding hydrogens is 500 g/mol. The Bertz CT molecular complexity index is 1440. The van der Waals surface area contributed by atoms with Gasteiger partial charge in [-0.2, -0.15) is 0 Å².